The van der Waals surface area contributed by atoms with Gasteiger partial charge in [-0.3, -0.25) is 14.6 Å². The number of ether oxygens (including phenoxy) is 2. The Labute approximate surface area is 198 Å². The fraction of sp³-hybridized carbons (Fsp3) is 0.222. The third-order valence-corrected chi connectivity index (χ3v) is 5.63. The van der Waals surface area contributed by atoms with Crippen molar-refractivity contribution in [2.75, 3.05) is 13.7 Å². The number of pyridine rings is 1. The molecule has 1 N–H and O–H groups in total. The number of hydrogen-bond donors (Lipinski definition) is 1. The van der Waals surface area contributed by atoms with E-state index in [1.54, 1.807) is 60.9 Å². The summed E-state index contributed by atoms with van der Waals surface area (Å²) < 4.78 is 11.3. The van der Waals surface area contributed by atoms with Gasteiger partial charge in [0.2, 0.25) is 0 Å². The molecule has 1 saturated heterocycles. The van der Waals surface area contributed by atoms with Crippen molar-refractivity contribution in [3.05, 3.63) is 95.3 Å². The van der Waals surface area contributed by atoms with Crippen LogP contribution >= 0.6 is 0 Å². The molecule has 7 heteroatoms. The number of rotatable bonds is 8. The van der Waals surface area contributed by atoms with Crippen molar-refractivity contribution in [1.29, 1.82) is 0 Å². The molecule has 0 bridgehead atoms. The van der Waals surface area contributed by atoms with E-state index in [0.717, 1.165) is 12.0 Å². The molecule has 1 fully saturated rings. The van der Waals surface area contributed by atoms with Crippen molar-refractivity contribution in [2.45, 2.75) is 25.9 Å². The van der Waals surface area contributed by atoms with Crippen LogP contribution in [-0.2, 0) is 16.1 Å². The van der Waals surface area contributed by atoms with Gasteiger partial charge in [0.15, 0.2) is 11.5 Å². The number of carbonyl (C=O) groups is 2. The summed E-state index contributed by atoms with van der Waals surface area (Å²) in [6.45, 7) is 2.70. The maximum absolute atomic E-state index is 13.2. The number of ketones is 1. The molecule has 1 aliphatic rings. The first-order valence-corrected chi connectivity index (χ1v) is 11.1. The summed E-state index contributed by atoms with van der Waals surface area (Å²) in [6.07, 6.45) is 4.13. The summed E-state index contributed by atoms with van der Waals surface area (Å²) in [4.78, 5) is 31.9. The van der Waals surface area contributed by atoms with Crippen LogP contribution in [0.1, 0.15) is 36.1 Å². The van der Waals surface area contributed by atoms with Gasteiger partial charge in [0.25, 0.3) is 11.7 Å². The van der Waals surface area contributed by atoms with E-state index in [4.69, 9.17) is 9.47 Å². The average molecular weight is 459 g/mol. The van der Waals surface area contributed by atoms with Crippen LogP contribution in [0, 0.1) is 0 Å². The molecule has 1 amide bonds. The maximum Gasteiger partial charge on any atom is 0.295 e. The van der Waals surface area contributed by atoms with E-state index in [9.17, 15) is 14.7 Å². The molecule has 1 unspecified atom stereocenters. The predicted octanol–water partition coefficient (Wildman–Crippen LogP) is 4.50. The number of aliphatic hydroxyl groups is 1. The molecule has 3 aromatic rings. The number of Topliss-reactive ketones (excluding diaryl/α,β-unsaturated/α-hetero) is 1. The van der Waals surface area contributed by atoms with E-state index in [-0.39, 0.29) is 17.9 Å². The standard InChI is InChI=1S/C27H26N2O5/c1-3-14-34-21-12-11-20(15-22(21)33-2)24-23(25(30)19-9-5-4-6-10-19)26(31)27(32)29(24)17-18-8-7-13-28-16-18/h4-13,15-16,24,30H,3,14,17H2,1-2H3. The van der Waals surface area contributed by atoms with Crippen molar-refractivity contribution in [3.63, 3.8) is 0 Å². The van der Waals surface area contributed by atoms with Gasteiger partial charge >= 0.3 is 0 Å². The molecule has 0 radical (unpaired) electrons. The number of aromatic nitrogens is 1. The van der Waals surface area contributed by atoms with Crippen LogP contribution in [0.2, 0.25) is 0 Å². The Kier molecular flexibility index (Phi) is 6.92. The molecule has 174 valence electrons. The molecule has 1 atom stereocenters. The Morgan fingerprint density at radius 1 is 1.06 bits per heavy atom. The summed E-state index contributed by atoms with van der Waals surface area (Å²) in [5.41, 5.74) is 1.89. The fourth-order valence-electron chi connectivity index (χ4n) is 4.02. The highest BCUT2D eigenvalue weighted by atomic mass is 16.5. The lowest BCUT2D eigenvalue weighted by Gasteiger charge is -2.26. The summed E-state index contributed by atoms with van der Waals surface area (Å²) in [5, 5.41) is 11.1. The lowest BCUT2D eigenvalue weighted by atomic mass is 9.95. The molecule has 2 heterocycles. The monoisotopic (exact) mass is 458 g/mol. The molecule has 7 nitrogen and oxygen atoms in total. The van der Waals surface area contributed by atoms with Gasteiger partial charge in [-0.05, 0) is 35.7 Å². The van der Waals surface area contributed by atoms with Crippen LogP contribution in [0.4, 0.5) is 0 Å². The number of benzene rings is 2. The zero-order chi connectivity index (χ0) is 24.1. The Bertz CT molecular complexity index is 1210. The quantitative estimate of drug-likeness (QED) is 0.304. The maximum atomic E-state index is 13.2. The first-order chi connectivity index (χ1) is 16.5. The zero-order valence-electron chi connectivity index (χ0n) is 19.1. The highest BCUT2D eigenvalue weighted by Gasteiger charge is 2.46. The van der Waals surface area contributed by atoms with Crippen molar-refractivity contribution < 1.29 is 24.2 Å². The van der Waals surface area contributed by atoms with Crippen LogP contribution in [0.15, 0.2) is 78.6 Å². The second-order valence-electron chi connectivity index (χ2n) is 7.91. The Hall–Kier alpha value is -4.13. The lowest BCUT2D eigenvalue weighted by Crippen LogP contribution is -2.29. The normalized spacial score (nSPS) is 17.1. The zero-order valence-corrected chi connectivity index (χ0v) is 19.1. The van der Waals surface area contributed by atoms with Crippen LogP contribution in [0.3, 0.4) is 0 Å². The minimum atomic E-state index is -0.811. The number of carbonyl (C=O) groups excluding carboxylic acids is 2. The van der Waals surface area contributed by atoms with Crippen molar-refractivity contribution in [3.8, 4) is 11.5 Å². The minimum absolute atomic E-state index is 0.0318. The van der Waals surface area contributed by atoms with Crippen LogP contribution in [0.5, 0.6) is 11.5 Å². The van der Waals surface area contributed by atoms with E-state index in [0.29, 0.717) is 29.2 Å². The van der Waals surface area contributed by atoms with Gasteiger partial charge in [0.1, 0.15) is 5.76 Å². The molecule has 0 aliphatic carbocycles. The molecular formula is C27H26N2O5. The summed E-state index contributed by atoms with van der Waals surface area (Å²) in [7, 11) is 1.54. The first kappa shape index (κ1) is 23.0. The highest BCUT2D eigenvalue weighted by Crippen LogP contribution is 2.42. The average Bonchev–Trinajstić information content (AvgIpc) is 3.13. The van der Waals surface area contributed by atoms with E-state index < -0.39 is 17.7 Å². The molecular weight excluding hydrogens is 432 g/mol. The van der Waals surface area contributed by atoms with Crippen molar-refractivity contribution in [2.24, 2.45) is 0 Å². The summed E-state index contributed by atoms with van der Waals surface area (Å²) >= 11 is 0. The summed E-state index contributed by atoms with van der Waals surface area (Å²) in [6, 6.07) is 16.8. The van der Waals surface area contributed by atoms with Gasteiger partial charge in [-0.2, -0.15) is 0 Å². The number of likely N-dealkylation sites (tertiary alicyclic amines) is 1. The molecule has 1 aromatic heterocycles. The first-order valence-electron chi connectivity index (χ1n) is 11.1. The molecule has 1 aliphatic heterocycles. The highest BCUT2D eigenvalue weighted by molar-refractivity contribution is 6.46. The SMILES string of the molecule is CCCOc1ccc(C2C(=C(O)c3ccccc3)C(=O)C(=O)N2Cc2cccnc2)cc1OC. The Balaban J connectivity index is 1.85. The van der Waals surface area contributed by atoms with Crippen LogP contribution in [0.25, 0.3) is 5.76 Å². The number of methoxy groups -OCH3 is 1. The van der Waals surface area contributed by atoms with Gasteiger partial charge in [-0.25, -0.2) is 0 Å². The second-order valence-corrected chi connectivity index (χ2v) is 7.91. The van der Waals surface area contributed by atoms with Gasteiger partial charge in [-0.15, -0.1) is 0 Å². The van der Waals surface area contributed by atoms with Crippen molar-refractivity contribution in [1.82, 2.24) is 9.88 Å². The molecule has 2 aromatic carbocycles. The third kappa shape index (κ3) is 4.50. The largest absolute Gasteiger partial charge is 0.507 e. The third-order valence-electron chi connectivity index (χ3n) is 5.63. The van der Waals surface area contributed by atoms with E-state index in [1.165, 1.54) is 12.0 Å². The van der Waals surface area contributed by atoms with Crippen molar-refractivity contribution >= 4 is 17.4 Å². The number of amides is 1. The van der Waals surface area contributed by atoms with Crippen LogP contribution in [-0.4, -0.2) is 40.4 Å². The number of aliphatic hydroxyl groups excluding tert-OH is 1. The van der Waals surface area contributed by atoms with E-state index in [2.05, 4.69) is 4.98 Å². The minimum Gasteiger partial charge on any atom is -0.507 e. The molecule has 34 heavy (non-hydrogen) atoms. The number of nitrogens with zero attached hydrogens (tertiary/aromatic N) is 2. The molecule has 4 rings (SSSR count). The Morgan fingerprint density at radius 2 is 1.85 bits per heavy atom. The molecule has 0 saturated carbocycles. The second kappa shape index (κ2) is 10.2. The van der Waals surface area contributed by atoms with Gasteiger partial charge in [-0.1, -0.05) is 49.4 Å². The van der Waals surface area contributed by atoms with Gasteiger partial charge in [0, 0.05) is 24.5 Å². The van der Waals surface area contributed by atoms with Gasteiger partial charge < -0.3 is 19.5 Å². The van der Waals surface area contributed by atoms with E-state index >= 15 is 0 Å². The fourth-order valence-corrected chi connectivity index (χ4v) is 4.02. The summed E-state index contributed by atoms with van der Waals surface area (Å²) in [5.74, 6) is -0.585. The smallest absolute Gasteiger partial charge is 0.295 e. The molecule has 0 spiro atoms. The predicted molar refractivity (Wildman–Crippen MR) is 127 cm³/mol. The lowest BCUT2D eigenvalue weighted by molar-refractivity contribution is -0.140. The van der Waals surface area contributed by atoms with Crippen LogP contribution < -0.4 is 9.47 Å². The topological polar surface area (TPSA) is 89.0 Å². The van der Waals surface area contributed by atoms with Gasteiger partial charge in [0.05, 0.1) is 25.3 Å². The Morgan fingerprint density at radius 3 is 2.53 bits per heavy atom. The number of hydrogen-bond acceptors (Lipinski definition) is 6. The van der Waals surface area contributed by atoms with E-state index in [1.807, 2.05) is 19.1 Å².